The summed E-state index contributed by atoms with van der Waals surface area (Å²) in [6.45, 7) is 7.64. The molecule has 0 saturated carbocycles. The number of likely N-dealkylation sites (N-methyl/N-ethyl adjacent to an activating group) is 1. The number of carbonyl (C=O) groups excluding carboxylic acids is 2. The molecule has 3 amide bonds. The second-order valence-electron chi connectivity index (χ2n) is 5.14. The van der Waals surface area contributed by atoms with E-state index in [4.69, 9.17) is 5.11 Å². The monoisotopic (exact) mass is 287 g/mol. The Morgan fingerprint density at radius 3 is 2.10 bits per heavy atom. The molecule has 0 bridgehead atoms. The van der Waals surface area contributed by atoms with E-state index < -0.39 is 24.1 Å². The minimum Gasteiger partial charge on any atom is -0.481 e. The molecule has 0 rings (SSSR count). The van der Waals surface area contributed by atoms with E-state index in [1.807, 2.05) is 20.8 Å². The average Bonchev–Trinajstić information content (AvgIpc) is 2.35. The lowest BCUT2D eigenvalue weighted by atomic mass is 10.0. The van der Waals surface area contributed by atoms with Crippen LogP contribution in [0.2, 0.25) is 0 Å². The molecule has 0 aromatic heterocycles. The summed E-state index contributed by atoms with van der Waals surface area (Å²) in [5.74, 6) is -1.18. The second-order valence-corrected chi connectivity index (χ2v) is 5.14. The van der Waals surface area contributed by atoms with Gasteiger partial charge in [-0.05, 0) is 19.8 Å². The molecular weight excluding hydrogens is 262 g/mol. The predicted octanol–water partition coefficient (Wildman–Crippen LogP) is 0.652. The first kappa shape index (κ1) is 18.2. The second kappa shape index (κ2) is 8.39. The van der Waals surface area contributed by atoms with Gasteiger partial charge in [-0.3, -0.25) is 9.59 Å². The number of rotatable bonds is 7. The van der Waals surface area contributed by atoms with Gasteiger partial charge in [0.25, 0.3) is 0 Å². The summed E-state index contributed by atoms with van der Waals surface area (Å²) in [7, 11) is 1.65. The Morgan fingerprint density at radius 2 is 1.70 bits per heavy atom. The lowest BCUT2D eigenvalue weighted by Gasteiger charge is -2.24. The Hall–Kier alpha value is -1.79. The summed E-state index contributed by atoms with van der Waals surface area (Å²) >= 11 is 0. The molecule has 116 valence electrons. The molecule has 0 aliphatic heterocycles. The molecule has 20 heavy (non-hydrogen) atoms. The molecule has 0 aromatic carbocycles. The third-order valence-corrected chi connectivity index (χ3v) is 3.08. The quantitative estimate of drug-likeness (QED) is 0.640. The Balaban J connectivity index is 4.45. The molecule has 0 radical (unpaired) electrons. The van der Waals surface area contributed by atoms with Crippen LogP contribution >= 0.6 is 0 Å². The van der Waals surface area contributed by atoms with E-state index in [2.05, 4.69) is 10.6 Å². The van der Waals surface area contributed by atoms with Gasteiger partial charge in [-0.2, -0.15) is 0 Å². The molecule has 3 N–H and O–H groups in total. The van der Waals surface area contributed by atoms with Crippen molar-refractivity contribution in [2.75, 3.05) is 13.6 Å². The lowest BCUT2D eigenvalue weighted by molar-refractivity contribution is -0.137. The van der Waals surface area contributed by atoms with E-state index in [-0.39, 0.29) is 18.2 Å². The SMILES string of the molecule is CCN(C)C(=O)C(C)NC(=O)NC(CC(=O)O)C(C)C. The number of nitrogens with zero attached hydrogens (tertiary/aromatic N) is 1. The van der Waals surface area contributed by atoms with Crippen molar-refractivity contribution >= 4 is 17.9 Å². The minimum atomic E-state index is -0.973. The van der Waals surface area contributed by atoms with E-state index in [0.717, 1.165) is 0 Å². The van der Waals surface area contributed by atoms with E-state index >= 15 is 0 Å². The minimum absolute atomic E-state index is 0.0128. The number of carbonyl (C=O) groups is 3. The summed E-state index contributed by atoms with van der Waals surface area (Å²) in [6.07, 6.45) is -0.151. The van der Waals surface area contributed by atoms with Gasteiger partial charge in [0.15, 0.2) is 0 Å². The largest absolute Gasteiger partial charge is 0.481 e. The van der Waals surface area contributed by atoms with Crippen molar-refractivity contribution < 1.29 is 19.5 Å². The zero-order valence-electron chi connectivity index (χ0n) is 12.8. The smallest absolute Gasteiger partial charge is 0.315 e. The van der Waals surface area contributed by atoms with Crippen LogP contribution in [0.25, 0.3) is 0 Å². The van der Waals surface area contributed by atoms with Gasteiger partial charge in [0.2, 0.25) is 5.91 Å². The summed E-state index contributed by atoms with van der Waals surface area (Å²) < 4.78 is 0. The third kappa shape index (κ3) is 6.40. The molecule has 0 aromatic rings. The van der Waals surface area contributed by atoms with Crippen molar-refractivity contribution in [1.29, 1.82) is 0 Å². The van der Waals surface area contributed by atoms with Gasteiger partial charge < -0.3 is 20.6 Å². The number of urea groups is 1. The van der Waals surface area contributed by atoms with Crippen molar-refractivity contribution in [1.82, 2.24) is 15.5 Å². The number of nitrogens with one attached hydrogen (secondary N) is 2. The Kier molecular flexibility index (Phi) is 7.64. The molecular formula is C13H25N3O4. The predicted molar refractivity (Wildman–Crippen MR) is 75.3 cm³/mol. The summed E-state index contributed by atoms with van der Waals surface area (Å²) in [5.41, 5.74) is 0. The first-order valence-electron chi connectivity index (χ1n) is 6.72. The highest BCUT2D eigenvalue weighted by atomic mass is 16.4. The fourth-order valence-corrected chi connectivity index (χ4v) is 1.60. The van der Waals surface area contributed by atoms with Gasteiger partial charge in [0.05, 0.1) is 6.42 Å². The fraction of sp³-hybridized carbons (Fsp3) is 0.769. The van der Waals surface area contributed by atoms with Gasteiger partial charge in [-0.15, -0.1) is 0 Å². The topological polar surface area (TPSA) is 98.7 Å². The number of aliphatic carboxylic acids is 1. The van der Waals surface area contributed by atoms with Crippen molar-refractivity contribution in [3.05, 3.63) is 0 Å². The molecule has 7 nitrogen and oxygen atoms in total. The van der Waals surface area contributed by atoms with Crippen LogP contribution < -0.4 is 10.6 Å². The summed E-state index contributed by atoms with van der Waals surface area (Å²) in [6, 6.07) is -1.66. The van der Waals surface area contributed by atoms with Gasteiger partial charge in [-0.25, -0.2) is 4.79 Å². The number of carboxylic acid groups (broad SMARTS) is 1. The van der Waals surface area contributed by atoms with Crippen molar-refractivity contribution in [2.24, 2.45) is 5.92 Å². The van der Waals surface area contributed by atoms with Crippen LogP contribution in [-0.4, -0.2) is 53.6 Å². The van der Waals surface area contributed by atoms with Crippen LogP contribution in [0.3, 0.4) is 0 Å². The van der Waals surface area contributed by atoms with Crippen molar-refractivity contribution in [3.8, 4) is 0 Å². The Labute approximate surface area is 119 Å². The fourth-order valence-electron chi connectivity index (χ4n) is 1.60. The van der Waals surface area contributed by atoms with Crippen LogP contribution in [0.5, 0.6) is 0 Å². The molecule has 0 heterocycles. The molecule has 0 aliphatic rings. The average molecular weight is 287 g/mol. The Morgan fingerprint density at radius 1 is 1.15 bits per heavy atom. The molecule has 2 unspecified atom stereocenters. The number of amides is 3. The van der Waals surface area contributed by atoms with Gasteiger partial charge in [0.1, 0.15) is 6.04 Å². The molecule has 0 spiro atoms. The maximum Gasteiger partial charge on any atom is 0.315 e. The summed E-state index contributed by atoms with van der Waals surface area (Å²) in [4.78, 5) is 35.8. The van der Waals surface area contributed by atoms with Crippen LogP contribution in [0.4, 0.5) is 4.79 Å². The molecule has 2 atom stereocenters. The first-order valence-corrected chi connectivity index (χ1v) is 6.72. The molecule has 0 saturated heterocycles. The lowest BCUT2D eigenvalue weighted by Crippen LogP contribution is -2.52. The van der Waals surface area contributed by atoms with E-state index in [0.29, 0.717) is 6.54 Å². The van der Waals surface area contributed by atoms with Crippen molar-refractivity contribution in [2.45, 2.75) is 46.2 Å². The zero-order valence-corrected chi connectivity index (χ0v) is 12.8. The van der Waals surface area contributed by atoms with Gasteiger partial charge in [-0.1, -0.05) is 13.8 Å². The van der Waals surface area contributed by atoms with Crippen LogP contribution in [0, 0.1) is 5.92 Å². The highest BCUT2D eigenvalue weighted by Gasteiger charge is 2.22. The number of hydrogen-bond acceptors (Lipinski definition) is 3. The molecule has 0 aliphatic carbocycles. The number of carboxylic acids is 1. The van der Waals surface area contributed by atoms with Crippen LogP contribution in [0.1, 0.15) is 34.1 Å². The third-order valence-electron chi connectivity index (χ3n) is 3.08. The van der Waals surface area contributed by atoms with Gasteiger partial charge in [0, 0.05) is 19.6 Å². The zero-order chi connectivity index (χ0) is 15.9. The normalized spacial score (nSPS) is 13.5. The maximum atomic E-state index is 11.8. The Bertz CT molecular complexity index is 358. The van der Waals surface area contributed by atoms with Crippen LogP contribution in [0.15, 0.2) is 0 Å². The van der Waals surface area contributed by atoms with E-state index in [9.17, 15) is 14.4 Å². The van der Waals surface area contributed by atoms with Gasteiger partial charge >= 0.3 is 12.0 Å². The highest BCUT2D eigenvalue weighted by Crippen LogP contribution is 2.06. The first-order chi connectivity index (χ1) is 9.18. The number of hydrogen-bond donors (Lipinski definition) is 3. The highest BCUT2D eigenvalue weighted by molar-refractivity contribution is 5.86. The standard InChI is InChI=1S/C13H25N3O4/c1-6-16(5)12(19)9(4)14-13(20)15-10(8(2)3)7-11(17)18/h8-10H,6-7H2,1-5H3,(H,17,18)(H2,14,15,20). The van der Waals surface area contributed by atoms with Crippen molar-refractivity contribution in [3.63, 3.8) is 0 Å². The van der Waals surface area contributed by atoms with Crippen LogP contribution in [-0.2, 0) is 9.59 Å². The summed E-state index contributed by atoms with van der Waals surface area (Å²) in [5, 5.41) is 13.9. The maximum absolute atomic E-state index is 11.8. The van der Waals surface area contributed by atoms with E-state index in [1.54, 1.807) is 14.0 Å². The van der Waals surface area contributed by atoms with E-state index in [1.165, 1.54) is 4.90 Å². The molecule has 7 heteroatoms. The molecule has 0 fully saturated rings.